The fourth-order valence-corrected chi connectivity index (χ4v) is 3.32. The molecule has 1 heterocycles. The lowest BCUT2D eigenvalue weighted by Gasteiger charge is -2.24. The van der Waals surface area contributed by atoms with Gasteiger partial charge in [0, 0.05) is 11.3 Å². The molecule has 28 heavy (non-hydrogen) atoms. The van der Waals surface area contributed by atoms with E-state index in [1.165, 1.54) is 5.57 Å². The molecular formula is C23H31N3O2. The summed E-state index contributed by atoms with van der Waals surface area (Å²) in [5, 5.41) is 4.54. The SMILES string of the molecule is C=C1NN=C(c2cc(CC)c(CC(=O)OCC)cc2C)N1C(/C=C\C)=C(C)C. The molecule has 2 rings (SSSR count). The zero-order valence-electron chi connectivity index (χ0n) is 17.8. The van der Waals surface area contributed by atoms with Crippen LogP contribution in [0.4, 0.5) is 0 Å². The summed E-state index contributed by atoms with van der Waals surface area (Å²) >= 11 is 0. The molecule has 0 aromatic heterocycles. The molecule has 0 saturated carbocycles. The Bertz CT molecular complexity index is 859. The van der Waals surface area contributed by atoms with Crippen molar-refractivity contribution >= 4 is 11.8 Å². The number of ether oxygens (including phenoxy) is 1. The zero-order chi connectivity index (χ0) is 20.8. The third-order valence-corrected chi connectivity index (χ3v) is 4.66. The molecule has 5 heteroatoms. The molecule has 0 radical (unpaired) electrons. The Morgan fingerprint density at radius 1 is 1.29 bits per heavy atom. The van der Waals surface area contributed by atoms with Crippen molar-refractivity contribution in [1.82, 2.24) is 10.3 Å². The van der Waals surface area contributed by atoms with E-state index in [9.17, 15) is 4.79 Å². The minimum atomic E-state index is -0.195. The van der Waals surface area contributed by atoms with E-state index in [4.69, 9.17) is 4.74 Å². The first kappa shape index (κ1) is 21.5. The number of nitrogens with one attached hydrogen (secondary N) is 1. The highest BCUT2D eigenvalue weighted by molar-refractivity contribution is 6.03. The monoisotopic (exact) mass is 381 g/mol. The van der Waals surface area contributed by atoms with Gasteiger partial charge in [-0.3, -0.25) is 15.1 Å². The van der Waals surface area contributed by atoms with Crippen molar-refractivity contribution in [3.63, 3.8) is 0 Å². The van der Waals surface area contributed by atoms with E-state index in [0.717, 1.165) is 46.0 Å². The number of allylic oxidation sites excluding steroid dienone is 3. The fourth-order valence-electron chi connectivity index (χ4n) is 3.32. The summed E-state index contributed by atoms with van der Waals surface area (Å²) in [5.74, 6) is 1.34. The Labute approximate surface area is 168 Å². The van der Waals surface area contributed by atoms with Crippen molar-refractivity contribution in [2.24, 2.45) is 5.10 Å². The predicted molar refractivity (Wildman–Crippen MR) is 115 cm³/mol. The maximum atomic E-state index is 12.0. The second-order valence-electron chi connectivity index (χ2n) is 6.99. The third kappa shape index (κ3) is 4.53. The number of esters is 1. The number of carbonyl (C=O) groups excluding carboxylic acids is 1. The molecule has 1 N–H and O–H groups in total. The van der Waals surface area contributed by atoms with E-state index in [-0.39, 0.29) is 12.4 Å². The lowest BCUT2D eigenvalue weighted by Crippen LogP contribution is -2.28. The van der Waals surface area contributed by atoms with Gasteiger partial charge in [0.25, 0.3) is 0 Å². The van der Waals surface area contributed by atoms with Crippen LogP contribution in [-0.4, -0.2) is 23.3 Å². The molecule has 1 aliphatic rings. The molecule has 0 bridgehead atoms. The quantitative estimate of drug-likeness (QED) is 0.555. The molecule has 1 aromatic carbocycles. The number of hydrogen-bond donors (Lipinski definition) is 1. The Kier molecular flexibility index (Phi) is 7.21. The number of hydrogen-bond acceptors (Lipinski definition) is 5. The van der Waals surface area contributed by atoms with E-state index in [1.54, 1.807) is 0 Å². The molecule has 0 saturated heterocycles. The van der Waals surface area contributed by atoms with E-state index in [0.29, 0.717) is 6.61 Å². The first-order valence-electron chi connectivity index (χ1n) is 9.75. The average Bonchev–Trinajstić information content (AvgIpc) is 3.01. The maximum Gasteiger partial charge on any atom is 0.310 e. The second-order valence-corrected chi connectivity index (χ2v) is 6.99. The summed E-state index contributed by atoms with van der Waals surface area (Å²) in [6.07, 6.45) is 5.19. The van der Waals surface area contributed by atoms with Crippen LogP contribution in [-0.2, 0) is 22.4 Å². The molecule has 1 aliphatic heterocycles. The van der Waals surface area contributed by atoms with Gasteiger partial charge in [0.2, 0.25) is 0 Å². The average molecular weight is 382 g/mol. The summed E-state index contributed by atoms with van der Waals surface area (Å²) in [4.78, 5) is 14.0. The number of nitrogens with zero attached hydrogens (tertiary/aromatic N) is 2. The van der Waals surface area contributed by atoms with Crippen LogP contribution in [0.1, 0.15) is 56.9 Å². The third-order valence-electron chi connectivity index (χ3n) is 4.66. The molecule has 0 aliphatic carbocycles. The van der Waals surface area contributed by atoms with Gasteiger partial charge in [-0.05, 0) is 69.9 Å². The van der Waals surface area contributed by atoms with Gasteiger partial charge in [-0.25, -0.2) is 0 Å². The molecule has 0 unspecified atom stereocenters. The van der Waals surface area contributed by atoms with E-state index in [2.05, 4.69) is 56.1 Å². The maximum absolute atomic E-state index is 12.0. The summed E-state index contributed by atoms with van der Waals surface area (Å²) in [5.41, 5.74) is 9.45. The molecule has 0 atom stereocenters. The number of rotatable bonds is 7. The Morgan fingerprint density at radius 2 is 2.00 bits per heavy atom. The van der Waals surface area contributed by atoms with Crippen LogP contribution in [0.25, 0.3) is 0 Å². The van der Waals surface area contributed by atoms with Crippen molar-refractivity contribution in [1.29, 1.82) is 0 Å². The smallest absolute Gasteiger partial charge is 0.310 e. The second kappa shape index (κ2) is 9.40. The van der Waals surface area contributed by atoms with Gasteiger partial charge in [0.15, 0.2) is 5.84 Å². The largest absolute Gasteiger partial charge is 0.466 e. The Morgan fingerprint density at radius 3 is 2.57 bits per heavy atom. The van der Waals surface area contributed by atoms with Crippen molar-refractivity contribution < 1.29 is 9.53 Å². The topological polar surface area (TPSA) is 53.9 Å². The molecule has 0 amide bonds. The molecule has 150 valence electrons. The predicted octanol–water partition coefficient (Wildman–Crippen LogP) is 4.57. The highest BCUT2D eigenvalue weighted by atomic mass is 16.5. The van der Waals surface area contributed by atoms with Crippen molar-refractivity contribution in [3.05, 3.63) is 70.2 Å². The molecule has 0 spiro atoms. The van der Waals surface area contributed by atoms with Gasteiger partial charge in [-0.15, -0.1) is 0 Å². The number of carbonyl (C=O) groups is 1. The van der Waals surface area contributed by atoms with Crippen LogP contribution in [0.2, 0.25) is 0 Å². The summed E-state index contributed by atoms with van der Waals surface area (Å²) in [6, 6.07) is 4.21. The van der Waals surface area contributed by atoms with Gasteiger partial charge < -0.3 is 4.74 Å². The van der Waals surface area contributed by atoms with E-state index in [1.807, 2.05) is 31.7 Å². The van der Waals surface area contributed by atoms with Crippen LogP contribution >= 0.6 is 0 Å². The molecule has 1 aromatic rings. The van der Waals surface area contributed by atoms with Crippen LogP contribution in [0.3, 0.4) is 0 Å². The first-order valence-corrected chi connectivity index (χ1v) is 9.75. The Hall–Kier alpha value is -2.82. The van der Waals surface area contributed by atoms with Gasteiger partial charge in [-0.2, -0.15) is 5.10 Å². The van der Waals surface area contributed by atoms with Crippen LogP contribution < -0.4 is 5.43 Å². The summed E-state index contributed by atoms with van der Waals surface area (Å²) in [7, 11) is 0. The zero-order valence-corrected chi connectivity index (χ0v) is 17.8. The lowest BCUT2D eigenvalue weighted by molar-refractivity contribution is -0.142. The summed E-state index contributed by atoms with van der Waals surface area (Å²) < 4.78 is 5.12. The first-order chi connectivity index (χ1) is 13.3. The van der Waals surface area contributed by atoms with Gasteiger partial charge in [0.05, 0.1) is 13.0 Å². The fraction of sp³-hybridized carbons (Fsp3) is 0.391. The molecular weight excluding hydrogens is 350 g/mol. The number of amidine groups is 1. The highest BCUT2D eigenvalue weighted by Crippen LogP contribution is 2.27. The van der Waals surface area contributed by atoms with Crippen LogP contribution in [0.15, 0.2) is 53.1 Å². The van der Waals surface area contributed by atoms with Crippen LogP contribution in [0, 0.1) is 6.92 Å². The minimum Gasteiger partial charge on any atom is -0.466 e. The minimum absolute atomic E-state index is 0.195. The molecule has 0 fully saturated rings. The van der Waals surface area contributed by atoms with Crippen LogP contribution in [0.5, 0.6) is 0 Å². The summed E-state index contributed by atoms with van der Waals surface area (Å²) in [6.45, 7) is 16.6. The number of hydrazone groups is 1. The Balaban J connectivity index is 2.50. The standard InChI is InChI=1S/C23H31N3O2/c1-8-11-21(15(4)5)26-17(7)24-25-23(26)20-13-18(9-2)19(12-16(20)6)14-22(27)28-10-3/h8,11-13,24H,7,9-10,14H2,1-6H3/b11-8-. The van der Waals surface area contributed by atoms with Crippen molar-refractivity contribution in [2.75, 3.05) is 6.61 Å². The van der Waals surface area contributed by atoms with Crippen molar-refractivity contribution in [3.8, 4) is 0 Å². The van der Waals surface area contributed by atoms with E-state index < -0.39 is 0 Å². The van der Waals surface area contributed by atoms with Gasteiger partial charge in [0.1, 0.15) is 5.82 Å². The lowest BCUT2D eigenvalue weighted by atomic mass is 9.94. The molecule has 5 nitrogen and oxygen atoms in total. The van der Waals surface area contributed by atoms with Gasteiger partial charge >= 0.3 is 5.97 Å². The van der Waals surface area contributed by atoms with E-state index >= 15 is 0 Å². The van der Waals surface area contributed by atoms with Gasteiger partial charge in [-0.1, -0.05) is 31.2 Å². The number of benzene rings is 1. The highest BCUT2D eigenvalue weighted by Gasteiger charge is 2.27. The van der Waals surface area contributed by atoms with Crippen molar-refractivity contribution in [2.45, 2.75) is 54.4 Å². The number of aryl methyl sites for hydroxylation is 2. The normalized spacial score (nSPS) is 13.6.